The minimum atomic E-state index is -0.222. The van der Waals surface area contributed by atoms with Gasteiger partial charge in [0.15, 0.2) is 5.82 Å². The summed E-state index contributed by atoms with van der Waals surface area (Å²) in [7, 11) is 0. The first-order chi connectivity index (χ1) is 13.1. The van der Waals surface area contributed by atoms with Crippen molar-refractivity contribution >= 4 is 17.4 Å². The molecule has 0 fully saturated rings. The van der Waals surface area contributed by atoms with Crippen molar-refractivity contribution in [3.8, 4) is 0 Å². The summed E-state index contributed by atoms with van der Waals surface area (Å²) in [5.41, 5.74) is 3.85. The van der Waals surface area contributed by atoms with Crippen LogP contribution in [0, 0.1) is 0 Å². The lowest BCUT2D eigenvalue weighted by molar-refractivity contribution is 0.0934. The number of fused-ring (bicyclic) bond motifs is 1. The van der Waals surface area contributed by atoms with Gasteiger partial charge in [-0.15, -0.1) is 0 Å². The lowest BCUT2D eigenvalue weighted by Gasteiger charge is -2.23. The lowest BCUT2D eigenvalue weighted by Crippen LogP contribution is -2.28. The number of hydrogen-bond acceptors (Lipinski definition) is 4. The normalized spacial score (nSPS) is 16.7. The van der Waals surface area contributed by atoms with Gasteiger partial charge >= 0.3 is 0 Å². The van der Waals surface area contributed by atoms with Crippen LogP contribution in [0.3, 0.4) is 0 Å². The highest BCUT2D eigenvalue weighted by Gasteiger charge is 2.28. The van der Waals surface area contributed by atoms with Crippen LogP contribution in [0.5, 0.6) is 0 Å². The van der Waals surface area contributed by atoms with Gasteiger partial charge in [-0.25, -0.2) is 9.97 Å². The predicted molar refractivity (Wildman–Crippen MR) is 106 cm³/mol. The zero-order chi connectivity index (χ0) is 18.8. The maximum absolute atomic E-state index is 12.5. The van der Waals surface area contributed by atoms with E-state index in [9.17, 15) is 4.79 Å². The first kappa shape index (κ1) is 17.2. The van der Waals surface area contributed by atoms with Crippen LogP contribution in [0.4, 0.5) is 11.5 Å². The number of anilines is 2. The molecule has 0 radical (unpaired) electrons. The van der Waals surface area contributed by atoms with Gasteiger partial charge < -0.3 is 10.2 Å². The number of rotatable bonds is 4. The molecule has 3 aromatic rings. The summed E-state index contributed by atoms with van der Waals surface area (Å²) in [5.74, 6) is 0.542. The van der Waals surface area contributed by atoms with Gasteiger partial charge in [0.05, 0.1) is 18.4 Å². The number of amides is 1. The van der Waals surface area contributed by atoms with Gasteiger partial charge in [0.1, 0.15) is 5.69 Å². The summed E-state index contributed by atoms with van der Waals surface area (Å²) in [6.07, 6.45) is 4.21. The van der Waals surface area contributed by atoms with E-state index in [4.69, 9.17) is 0 Å². The van der Waals surface area contributed by atoms with Gasteiger partial charge in [0, 0.05) is 11.7 Å². The van der Waals surface area contributed by atoms with Crippen LogP contribution in [-0.2, 0) is 6.42 Å². The number of carbonyl (C=O) groups excluding carboxylic acids is 1. The minimum Gasteiger partial charge on any atom is -0.344 e. The van der Waals surface area contributed by atoms with Gasteiger partial charge in [-0.3, -0.25) is 4.79 Å². The maximum atomic E-state index is 12.5. The van der Waals surface area contributed by atoms with Gasteiger partial charge in [-0.2, -0.15) is 0 Å². The number of carbonyl (C=O) groups is 1. The Kier molecular flexibility index (Phi) is 4.59. The Balaban J connectivity index is 1.50. The fourth-order valence-electron chi connectivity index (χ4n) is 3.57. The van der Waals surface area contributed by atoms with Crippen molar-refractivity contribution in [3.63, 3.8) is 0 Å². The Morgan fingerprint density at radius 2 is 1.81 bits per heavy atom. The molecule has 5 nitrogen and oxygen atoms in total. The van der Waals surface area contributed by atoms with E-state index >= 15 is 0 Å². The number of hydrogen-bond donors (Lipinski definition) is 1. The summed E-state index contributed by atoms with van der Waals surface area (Å²) < 4.78 is 0. The molecule has 2 unspecified atom stereocenters. The maximum Gasteiger partial charge on any atom is 0.271 e. The SMILES string of the molecule is CC(NC(=O)c1cnc(N2c3ccccc3CC2C)cn1)c1ccccc1. The second-order valence-electron chi connectivity index (χ2n) is 6.92. The second-order valence-corrected chi connectivity index (χ2v) is 6.92. The molecule has 1 N–H and O–H groups in total. The molecule has 2 heterocycles. The van der Waals surface area contributed by atoms with Crippen LogP contribution >= 0.6 is 0 Å². The molecule has 0 saturated carbocycles. The van der Waals surface area contributed by atoms with E-state index in [0.29, 0.717) is 11.7 Å². The summed E-state index contributed by atoms with van der Waals surface area (Å²) in [6, 6.07) is 18.4. The Bertz CT molecular complexity index is 940. The average molecular weight is 358 g/mol. The number of nitrogens with one attached hydrogen (secondary N) is 1. The molecule has 2 aromatic carbocycles. The van der Waals surface area contributed by atoms with Crippen LogP contribution in [0.25, 0.3) is 0 Å². The number of aromatic nitrogens is 2. The van der Waals surface area contributed by atoms with Crippen molar-refractivity contribution in [2.24, 2.45) is 0 Å². The van der Waals surface area contributed by atoms with Crippen molar-refractivity contribution < 1.29 is 4.79 Å². The molecule has 5 heteroatoms. The number of para-hydroxylation sites is 1. The third-order valence-electron chi connectivity index (χ3n) is 4.97. The smallest absolute Gasteiger partial charge is 0.271 e. The molecule has 27 heavy (non-hydrogen) atoms. The molecule has 0 aliphatic carbocycles. The van der Waals surface area contributed by atoms with Gasteiger partial charge in [-0.05, 0) is 37.5 Å². The van der Waals surface area contributed by atoms with Crippen molar-refractivity contribution in [1.29, 1.82) is 0 Å². The highest BCUT2D eigenvalue weighted by molar-refractivity contribution is 5.92. The lowest BCUT2D eigenvalue weighted by atomic mass is 10.1. The van der Waals surface area contributed by atoms with Crippen molar-refractivity contribution in [3.05, 3.63) is 83.8 Å². The zero-order valence-electron chi connectivity index (χ0n) is 15.5. The van der Waals surface area contributed by atoms with Crippen molar-refractivity contribution in [1.82, 2.24) is 15.3 Å². The standard InChI is InChI=1S/C22H22N4O/c1-15-12-18-10-6-7-11-20(18)26(15)21-14-23-19(13-24-21)22(27)25-16(2)17-8-4-3-5-9-17/h3-11,13-16H,12H2,1-2H3,(H,25,27). The zero-order valence-corrected chi connectivity index (χ0v) is 15.5. The molecule has 1 amide bonds. The van der Waals surface area contributed by atoms with E-state index in [0.717, 1.165) is 23.5 Å². The van der Waals surface area contributed by atoms with E-state index < -0.39 is 0 Å². The van der Waals surface area contributed by atoms with Crippen molar-refractivity contribution in [2.75, 3.05) is 4.90 Å². The predicted octanol–water partition coefficient (Wildman–Crippen LogP) is 4.05. The highest BCUT2D eigenvalue weighted by atomic mass is 16.1. The van der Waals surface area contributed by atoms with E-state index in [1.165, 1.54) is 5.56 Å². The van der Waals surface area contributed by atoms with Crippen LogP contribution in [-0.4, -0.2) is 21.9 Å². The fourth-order valence-corrected chi connectivity index (χ4v) is 3.57. The largest absolute Gasteiger partial charge is 0.344 e. The molecular weight excluding hydrogens is 336 g/mol. The molecule has 2 atom stereocenters. The molecule has 1 aliphatic heterocycles. The second kappa shape index (κ2) is 7.19. The van der Waals surface area contributed by atoms with Crippen LogP contribution in [0.1, 0.15) is 41.5 Å². The number of benzene rings is 2. The highest BCUT2D eigenvalue weighted by Crippen LogP contribution is 2.36. The molecule has 0 bridgehead atoms. The van der Waals surface area contributed by atoms with Crippen LogP contribution in [0.2, 0.25) is 0 Å². The van der Waals surface area contributed by atoms with Crippen molar-refractivity contribution in [2.45, 2.75) is 32.4 Å². The van der Waals surface area contributed by atoms with E-state index in [-0.39, 0.29) is 11.9 Å². The molecule has 1 aliphatic rings. The van der Waals surface area contributed by atoms with Crippen LogP contribution in [0.15, 0.2) is 67.0 Å². The molecule has 0 spiro atoms. The topological polar surface area (TPSA) is 58.1 Å². The Morgan fingerprint density at radius 1 is 1.07 bits per heavy atom. The summed E-state index contributed by atoms with van der Waals surface area (Å²) >= 11 is 0. The van der Waals surface area contributed by atoms with E-state index in [1.54, 1.807) is 12.4 Å². The minimum absolute atomic E-state index is 0.0920. The quantitative estimate of drug-likeness (QED) is 0.764. The molecule has 0 saturated heterocycles. The first-order valence-corrected chi connectivity index (χ1v) is 9.18. The van der Waals surface area contributed by atoms with E-state index in [1.807, 2.05) is 43.3 Å². The molecule has 136 valence electrons. The first-order valence-electron chi connectivity index (χ1n) is 9.18. The Labute approximate surface area is 159 Å². The molecular formula is C22H22N4O. The van der Waals surface area contributed by atoms with Gasteiger partial charge in [0.25, 0.3) is 5.91 Å². The summed E-state index contributed by atoms with van der Waals surface area (Å²) in [6.45, 7) is 4.13. The molecule has 4 rings (SSSR count). The fraction of sp³-hybridized carbons (Fsp3) is 0.227. The van der Waals surface area contributed by atoms with E-state index in [2.05, 4.69) is 45.3 Å². The Morgan fingerprint density at radius 3 is 2.56 bits per heavy atom. The summed E-state index contributed by atoms with van der Waals surface area (Å²) in [5, 5.41) is 2.97. The summed E-state index contributed by atoms with van der Waals surface area (Å²) in [4.78, 5) is 23.5. The molecule has 1 aromatic heterocycles. The Hall–Kier alpha value is -3.21. The average Bonchev–Trinajstić information content (AvgIpc) is 3.04. The van der Waals surface area contributed by atoms with Crippen LogP contribution < -0.4 is 10.2 Å². The number of nitrogens with zero attached hydrogens (tertiary/aromatic N) is 3. The van der Waals surface area contributed by atoms with Gasteiger partial charge in [-0.1, -0.05) is 48.5 Å². The third-order valence-corrected chi connectivity index (χ3v) is 4.97. The monoisotopic (exact) mass is 358 g/mol. The van der Waals surface area contributed by atoms with Gasteiger partial charge in [0.2, 0.25) is 0 Å². The third kappa shape index (κ3) is 3.40.